The maximum Gasteiger partial charge on any atom is 0.205 e. The predicted octanol–water partition coefficient (Wildman–Crippen LogP) is 3.87. The molecule has 0 saturated carbocycles. The van der Waals surface area contributed by atoms with Gasteiger partial charge in [-0.2, -0.15) is 5.21 Å². The number of hydrogen-bond donors (Lipinski definition) is 1. The van der Waals surface area contributed by atoms with Crippen LogP contribution in [0.3, 0.4) is 0 Å². The summed E-state index contributed by atoms with van der Waals surface area (Å²) >= 11 is 0. The van der Waals surface area contributed by atoms with Crippen LogP contribution in [-0.2, 0) is 36.0 Å². The fourth-order valence-corrected chi connectivity index (χ4v) is 5.11. The summed E-state index contributed by atoms with van der Waals surface area (Å²) in [4.78, 5) is 4.73. The number of ether oxygens (including phenoxy) is 1. The standard InChI is InChI=1S/C24H23N5O2S/c1-2-18-13-23(21-15-32(30)12-11-22(21)25-18)31-14-16-7-9-17(10-8-16)19-5-3-4-6-20(19)24-26-28-29-27-24/h3-10,13H,2,11-12,14-15H2,1H3,(H,26,27,28,29). The van der Waals surface area contributed by atoms with E-state index in [9.17, 15) is 4.21 Å². The molecule has 1 atom stereocenters. The van der Waals surface area contributed by atoms with Gasteiger partial charge in [-0.25, -0.2) is 0 Å². The number of nitrogens with zero attached hydrogens (tertiary/aromatic N) is 4. The minimum absolute atomic E-state index is 0.443. The highest BCUT2D eigenvalue weighted by atomic mass is 32.2. The van der Waals surface area contributed by atoms with Crippen molar-refractivity contribution in [3.8, 4) is 28.3 Å². The Balaban J connectivity index is 1.37. The molecule has 0 radical (unpaired) electrons. The summed E-state index contributed by atoms with van der Waals surface area (Å²) in [6.45, 7) is 2.53. The molecule has 1 aliphatic rings. The van der Waals surface area contributed by atoms with Gasteiger partial charge in [0.15, 0.2) is 0 Å². The normalized spacial score (nSPS) is 15.3. The highest BCUT2D eigenvalue weighted by molar-refractivity contribution is 7.84. The Kier molecular flexibility index (Phi) is 5.77. The topological polar surface area (TPSA) is 93.7 Å². The number of pyridine rings is 1. The molecule has 3 heterocycles. The zero-order valence-corrected chi connectivity index (χ0v) is 18.6. The second-order valence-corrected chi connectivity index (χ2v) is 9.27. The molecular weight excluding hydrogens is 422 g/mol. The lowest BCUT2D eigenvalue weighted by Crippen LogP contribution is -2.17. The molecule has 0 amide bonds. The first-order valence-electron chi connectivity index (χ1n) is 10.6. The van der Waals surface area contributed by atoms with E-state index in [-0.39, 0.29) is 0 Å². The highest BCUT2D eigenvalue weighted by Crippen LogP contribution is 2.31. The molecule has 162 valence electrons. The molecule has 2 aromatic heterocycles. The van der Waals surface area contributed by atoms with Crippen LogP contribution in [0.1, 0.15) is 29.4 Å². The molecular formula is C24H23N5O2S. The zero-order valence-electron chi connectivity index (χ0n) is 17.7. The number of tetrazole rings is 1. The lowest BCUT2D eigenvalue weighted by atomic mass is 9.98. The van der Waals surface area contributed by atoms with Crippen LogP contribution in [0.15, 0.2) is 54.6 Å². The van der Waals surface area contributed by atoms with Crippen molar-refractivity contribution in [2.24, 2.45) is 0 Å². The summed E-state index contributed by atoms with van der Waals surface area (Å²) < 4.78 is 18.3. The van der Waals surface area contributed by atoms with Crippen LogP contribution in [0.2, 0.25) is 0 Å². The van der Waals surface area contributed by atoms with Crippen LogP contribution in [0, 0.1) is 0 Å². The maximum atomic E-state index is 12.1. The van der Waals surface area contributed by atoms with Gasteiger partial charge in [-0.3, -0.25) is 9.19 Å². The van der Waals surface area contributed by atoms with E-state index in [0.717, 1.165) is 57.8 Å². The Morgan fingerprint density at radius 3 is 2.66 bits per heavy atom. The summed E-state index contributed by atoms with van der Waals surface area (Å²) in [5.74, 6) is 2.58. The molecule has 1 aliphatic heterocycles. The van der Waals surface area contributed by atoms with Gasteiger partial charge in [0.2, 0.25) is 5.82 Å². The number of fused-ring (bicyclic) bond motifs is 1. The molecule has 4 aromatic rings. The Labute approximate surface area is 188 Å². The first-order valence-corrected chi connectivity index (χ1v) is 12.1. The number of H-pyrrole nitrogens is 1. The van der Waals surface area contributed by atoms with Gasteiger partial charge in [0.25, 0.3) is 0 Å². The van der Waals surface area contributed by atoms with Crippen molar-refractivity contribution >= 4 is 10.8 Å². The number of rotatable bonds is 6. The average Bonchev–Trinajstić information content (AvgIpc) is 3.38. The van der Waals surface area contributed by atoms with E-state index in [0.29, 0.717) is 23.9 Å². The molecule has 32 heavy (non-hydrogen) atoms. The fourth-order valence-electron chi connectivity index (χ4n) is 3.92. The molecule has 1 unspecified atom stereocenters. The third kappa shape index (κ3) is 4.18. The Morgan fingerprint density at radius 2 is 1.91 bits per heavy atom. The third-order valence-electron chi connectivity index (χ3n) is 5.63. The largest absolute Gasteiger partial charge is 0.488 e. The highest BCUT2D eigenvalue weighted by Gasteiger charge is 2.21. The lowest BCUT2D eigenvalue weighted by molar-refractivity contribution is 0.302. The van der Waals surface area contributed by atoms with Crippen molar-refractivity contribution in [3.05, 3.63) is 77.1 Å². The molecule has 1 N–H and O–H groups in total. The van der Waals surface area contributed by atoms with Crippen molar-refractivity contribution in [2.45, 2.75) is 32.1 Å². The van der Waals surface area contributed by atoms with Crippen LogP contribution in [0.4, 0.5) is 0 Å². The third-order valence-corrected chi connectivity index (χ3v) is 6.90. The van der Waals surface area contributed by atoms with E-state index in [4.69, 9.17) is 9.72 Å². The molecule has 5 rings (SSSR count). The monoisotopic (exact) mass is 445 g/mol. The van der Waals surface area contributed by atoms with E-state index >= 15 is 0 Å². The minimum atomic E-state index is -0.845. The van der Waals surface area contributed by atoms with Crippen LogP contribution in [-0.4, -0.2) is 35.6 Å². The number of hydrogen-bond acceptors (Lipinski definition) is 6. The fraction of sp³-hybridized carbons (Fsp3) is 0.250. The second-order valence-electron chi connectivity index (χ2n) is 7.70. The molecule has 0 bridgehead atoms. The van der Waals surface area contributed by atoms with E-state index in [2.05, 4.69) is 51.8 Å². The van der Waals surface area contributed by atoms with E-state index in [1.165, 1.54) is 0 Å². The number of nitrogens with one attached hydrogen (secondary N) is 1. The second kappa shape index (κ2) is 9.00. The molecule has 0 spiro atoms. The van der Waals surface area contributed by atoms with Crippen molar-refractivity contribution < 1.29 is 8.95 Å². The summed E-state index contributed by atoms with van der Waals surface area (Å²) in [7, 11) is -0.845. The van der Waals surface area contributed by atoms with Crippen LogP contribution < -0.4 is 4.74 Å². The smallest absolute Gasteiger partial charge is 0.205 e. The first-order chi connectivity index (χ1) is 15.7. The SMILES string of the molecule is CCc1cc(OCc2ccc(-c3ccccc3-c3nn[nH]n3)cc2)c2c(n1)CCS(=O)C2. The van der Waals surface area contributed by atoms with Crippen molar-refractivity contribution in [1.82, 2.24) is 25.6 Å². The first kappa shape index (κ1) is 20.5. The Bertz CT molecular complexity index is 1260. The molecule has 2 aromatic carbocycles. The molecule has 7 nitrogen and oxygen atoms in total. The molecule has 0 fully saturated rings. The average molecular weight is 446 g/mol. The van der Waals surface area contributed by atoms with Crippen molar-refractivity contribution in [3.63, 3.8) is 0 Å². The van der Waals surface area contributed by atoms with Gasteiger partial charge in [0.1, 0.15) is 12.4 Å². The van der Waals surface area contributed by atoms with Gasteiger partial charge in [0.05, 0.1) is 5.75 Å². The lowest BCUT2D eigenvalue weighted by Gasteiger charge is -2.20. The number of benzene rings is 2. The van der Waals surface area contributed by atoms with Gasteiger partial charge in [-0.1, -0.05) is 55.5 Å². The van der Waals surface area contributed by atoms with E-state index in [1.807, 2.05) is 30.3 Å². The molecule has 0 saturated heterocycles. The summed E-state index contributed by atoms with van der Waals surface area (Å²) in [5.41, 5.74) is 7.14. The van der Waals surface area contributed by atoms with E-state index < -0.39 is 10.8 Å². The number of aryl methyl sites for hydroxylation is 2. The van der Waals surface area contributed by atoms with Gasteiger partial charge < -0.3 is 4.74 Å². The summed E-state index contributed by atoms with van der Waals surface area (Å²) in [5, 5.41) is 14.4. The van der Waals surface area contributed by atoms with Crippen molar-refractivity contribution in [1.29, 1.82) is 0 Å². The quantitative estimate of drug-likeness (QED) is 0.484. The summed E-state index contributed by atoms with van der Waals surface area (Å²) in [6, 6.07) is 18.3. The molecule has 0 aliphatic carbocycles. The van der Waals surface area contributed by atoms with Gasteiger partial charge in [0, 0.05) is 51.6 Å². The predicted molar refractivity (Wildman–Crippen MR) is 123 cm³/mol. The van der Waals surface area contributed by atoms with Gasteiger partial charge in [-0.05, 0) is 28.3 Å². The minimum Gasteiger partial charge on any atom is -0.488 e. The van der Waals surface area contributed by atoms with Crippen LogP contribution >= 0.6 is 0 Å². The Hall–Kier alpha value is -3.39. The molecule has 8 heteroatoms. The zero-order chi connectivity index (χ0) is 21.9. The van der Waals surface area contributed by atoms with Crippen LogP contribution in [0.5, 0.6) is 5.75 Å². The number of aromatic amines is 1. The van der Waals surface area contributed by atoms with Gasteiger partial charge >= 0.3 is 0 Å². The number of aromatic nitrogens is 5. The maximum absolute atomic E-state index is 12.1. The van der Waals surface area contributed by atoms with Crippen LogP contribution in [0.25, 0.3) is 22.5 Å². The van der Waals surface area contributed by atoms with E-state index in [1.54, 1.807) is 0 Å². The van der Waals surface area contributed by atoms with Gasteiger partial charge in [-0.15, -0.1) is 10.2 Å². The van der Waals surface area contributed by atoms with Crippen molar-refractivity contribution in [2.75, 3.05) is 5.75 Å². The Morgan fingerprint density at radius 1 is 1.09 bits per heavy atom. The summed E-state index contributed by atoms with van der Waals surface area (Å²) in [6.07, 6.45) is 1.60.